The van der Waals surface area contributed by atoms with Crippen LogP contribution in [0.15, 0.2) is 67.0 Å². The van der Waals surface area contributed by atoms with Crippen LogP contribution in [0.5, 0.6) is 0 Å². The molecule has 1 aromatic heterocycles. The van der Waals surface area contributed by atoms with E-state index in [9.17, 15) is 4.79 Å². The van der Waals surface area contributed by atoms with Gasteiger partial charge in [0.2, 0.25) is 0 Å². The van der Waals surface area contributed by atoms with Crippen molar-refractivity contribution in [2.24, 2.45) is 0 Å². The fourth-order valence-electron chi connectivity index (χ4n) is 2.16. The lowest BCUT2D eigenvalue weighted by atomic mass is 10.2. The number of carbonyl (C=O) groups is 1. The lowest BCUT2D eigenvalue weighted by molar-refractivity contribution is 0.0963. The van der Waals surface area contributed by atoms with E-state index in [1.807, 2.05) is 48.7 Å². The minimum Gasteiger partial charge on any atom is -0.355 e. The van der Waals surface area contributed by atoms with E-state index in [-0.39, 0.29) is 5.91 Å². The molecule has 1 heterocycles. The van der Waals surface area contributed by atoms with E-state index < -0.39 is 0 Å². The molecule has 0 aliphatic heterocycles. The molecule has 0 saturated heterocycles. The molecule has 0 radical (unpaired) electrons. The van der Waals surface area contributed by atoms with Crippen molar-refractivity contribution in [3.8, 4) is 5.69 Å². The van der Waals surface area contributed by atoms with Gasteiger partial charge in [0, 0.05) is 36.4 Å². The van der Waals surface area contributed by atoms with Gasteiger partial charge in [0.05, 0.1) is 5.69 Å². The Morgan fingerprint density at radius 3 is 2.55 bits per heavy atom. The highest BCUT2D eigenvalue weighted by Crippen LogP contribution is 2.19. The summed E-state index contributed by atoms with van der Waals surface area (Å²) < 4.78 is 1.81. The third-order valence-corrected chi connectivity index (χ3v) is 3.28. The number of aromatic nitrogens is 2. The first-order chi connectivity index (χ1) is 10.8. The molecule has 3 rings (SSSR count). The third-order valence-electron chi connectivity index (χ3n) is 3.28. The SMILES string of the molecule is CNC(=O)c1ccc(Nc2cccc(-n3cccn3)c2)cc1. The molecule has 0 atom stereocenters. The first-order valence-corrected chi connectivity index (χ1v) is 6.95. The van der Waals surface area contributed by atoms with E-state index in [4.69, 9.17) is 0 Å². The van der Waals surface area contributed by atoms with Gasteiger partial charge in [0.1, 0.15) is 0 Å². The van der Waals surface area contributed by atoms with Crippen molar-refractivity contribution in [2.45, 2.75) is 0 Å². The summed E-state index contributed by atoms with van der Waals surface area (Å²) in [5.41, 5.74) is 3.50. The highest BCUT2D eigenvalue weighted by Gasteiger charge is 2.03. The highest BCUT2D eigenvalue weighted by molar-refractivity contribution is 5.94. The van der Waals surface area contributed by atoms with Crippen molar-refractivity contribution >= 4 is 17.3 Å². The van der Waals surface area contributed by atoms with Crippen LogP contribution in [-0.4, -0.2) is 22.7 Å². The maximum atomic E-state index is 11.5. The number of benzene rings is 2. The first kappa shape index (κ1) is 13.9. The van der Waals surface area contributed by atoms with Crippen molar-refractivity contribution < 1.29 is 4.79 Å². The summed E-state index contributed by atoms with van der Waals surface area (Å²) >= 11 is 0. The largest absolute Gasteiger partial charge is 0.355 e. The average molecular weight is 292 g/mol. The van der Waals surface area contributed by atoms with Crippen molar-refractivity contribution in [3.05, 3.63) is 72.6 Å². The van der Waals surface area contributed by atoms with Crippen LogP contribution in [0.25, 0.3) is 5.69 Å². The fourth-order valence-corrected chi connectivity index (χ4v) is 2.16. The molecule has 2 N–H and O–H groups in total. The zero-order chi connectivity index (χ0) is 15.4. The number of nitrogens with one attached hydrogen (secondary N) is 2. The zero-order valence-electron chi connectivity index (χ0n) is 12.2. The molecule has 0 saturated carbocycles. The molecule has 0 aliphatic carbocycles. The molecule has 0 unspecified atom stereocenters. The minimum atomic E-state index is -0.0905. The van der Waals surface area contributed by atoms with Crippen LogP contribution in [0, 0.1) is 0 Å². The molecule has 1 amide bonds. The number of anilines is 2. The van der Waals surface area contributed by atoms with E-state index in [0.717, 1.165) is 17.1 Å². The predicted molar refractivity (Wildman–Crippen MR) is 86.7 cm³/mol. The summed E-state index contributed by atoms with van der Waals surface area (Å²) in [4.78, 5) is 11.5. The Hall–Kier alpha value is -3.08. The number of rotatable bonds is 4. The van der Waals surface area contributed by atoms with Crippen molar-refractivity contribution in [1.29, 1.82) is 0 Å². The van der Waals surface area contributed by atoms with Crippen LogP contribution >= 0.6 is 0 Å². The van der Waals surface area contributed by atoms with Gasteiger partial charge in [-0.15, -0.1) is 0 Å². The molecule has 2 aromatic carbocycles. The second-order valence-corrected chi connectivity index (χ2v) is 4.78. The molecule has 5 nitrogen and oxygen atoms in total. The Balaban J connectivity index is 1.78. The van der Waals surface area contributed by atoms with Crippen LogP contribution in [0.3, 0.4) is 0 Å². The zero-order valence-corrected chi connectivity index (χ0v) is 12.2. The summed E-state index contributed by atoms with van der Waals surface area (Å²) in [6, 6.07) is 17.2. The quantitative estimate of drug-likeness (QED) is 0.777. The molecule has 22 heavy (non-hydrogen) atoms. The van der Waals surface area contributed by atoms with Gasteiger partial charge < -0.3 is 10.6 Å². The fraction of sp³-hybridized carbons (Fsp3) is 0.0588. The molecule has 0 bridgehead atoms. The summed E-state index contributed by atoms with van der Waals surface area (Å²) in [5, 5.41) is 10.1. The average Bonchev–Trinajstić information content (AvgIpc) is 3.10. The Bertz CT molecular complexity index is 764. The summed E-state index contributed by atoms with van der Waals surface area (Å²) in [6.45, 7) is 0. The Morgan fingerprint density at radius 1 is 1.05 bits per heavy atom. The lowest BCUT2D eigenvalue weighted by Crippen LogP contribution is -2.17. The van der Waals surface area contributed by atoms with E-state index in [2.05, 4.69) is 15.7 Å². The van der Waals surface area contributed by atoms with Gasteiger partial charge in [0.15, 0.2) is 0 Å². The van der Waals surface area contributed by atoms with Gasteiger partial charge >= 0.3 is 0 Å². The number of hydrogen-bond donors (Lipinski definition) is 2. The first-order valence-electron chi connectivity index (χ1n) is 6.95. The van der Waals surface area contributed by atoms with Gasteiger partial charge in [-0.2, -0.15) is 5.10 Å². The third kappa shape index (κ3) is 2.98. The van der Waals surface area contributed by atoms with Crippen molar-refractivity contribution in [1.82, 2.24) is 15.1 Å². The summed E-state index contributed by atoms with van der Waals surface area (Å²) in [6.07, 6.45) is 3.65. The van der Waals surface area contributed by atoms with Gasteiger partial charge in [-0.05, 0) is 48.5 Å². The molecule has 5 heteroatoms. The van der Waals surface area contributed by atoms with Crippen LogP contribution in [-0.2, 0) is 0 Å². The van der Waals surface area contributed by atoms with Gasteiger partial charge in [-0.1, -0.05) is 6.07 Å². The normalized spacial score (nSPS) is 10.2. The highest BCUT2D eigenvalue weighted by atomic mass is 16.1. The van der Waals surface area contributed by atoms with E-state index in [0.29, 0.717) is 5.56 Å². The van der Waals surface area contributed by atoms with Crippen molar-refractivity contribution in [2.75, 3.05) is 12.4 Å². The minimum absolute atomic E-state index is 0.0905. The molecule has 0 fully saturated rings. The molecule has 3 aromatic rings. The summed E-state index contributed by atoms with van der Waals surface area (Å²) in [5.74, 6) is -0.0905. The van der Waals surface area contributed by atoms with Crippen LogP contribution in [0.4, 0.5) is 11.4 Å². The second-order valence-electron chi connectivity index (χ2n) is 4.78. The molecular formula is C17H16N4O. The Morgan fingerprint density at radius 2 is 1.86 bits per heavy atom. The lowest BCUT2D eigenvalue weighted by Gasteiger charge is -2.09. The molecular weight excluding hydrogens is 276 g/mol. The Kier molecular flexibility index (Phi) is 3.87. The molecule has 0 spiro atoms. The second kappa shape index (κ2) is 6.13. The number of hydrogen-bond acceptors (Lipinski definition) is 3. The van der Waals surface area contributed by atoms with Crippen LogP contribution < -0.4 is 10.6 Å². The molecule has 0 aliphatic rings. The topological polar surface area (TPSA) is 59.0 Å². The van der Waals surface area contributed by atoms with E-state index >= 15 is 0 Å². The maximum Gasteiger partial charge on any atom is 0.251 e. The predicted octanol–water partition coefficient (Wildman–Crippen LogP) is 2.98. The van der Waals surface area contributed by atoms with Gasteiger partial charge in [-0.3, -0.25) is 4.79 Å². The summed E-state index contributed by atoms with van der Waals surface area (Å²) in [7, 11) is 1.62. The van der Waals surface area contributed by atoms with Crippen LogP contribution in [0.1, 0.15) is 10.4 Å². The number of carbonyl (C=O) groups excluding carboxylic acids is 1. The van der Waals surface area contributed by atoms with Crippen molar-refractivity contribution in [3.63, 3.8) is 0 Å². The van der Waals surface area contributed by atoms with E-state index in [1.165, 1.54) is 0 Å². The Labute approximate surface area is 128 Å². The van der Waals surface area contributed by atoms with Gasteiger partial charge in [0.25, 0.3) is 5.91 Å². The standard InChI is InChI=1S/C17H16N4O/c1-18-17(22)13-6-8-14(9-7-13)20-15-4-2-5-16(12-15)21-11-3-10-19-21/h2-12,20H,1H3,(H,18,22). The maximum absolute atomic E-state index is 11.5. The van der Waals surface area contributed by atoms with E-state index in [1.54, 1.807) is 30.1 Å². The smallest absolute Gasteiger partial charge is 0.251 e. The number of amides is 1. The molecule has 110 valence electrons. The number of nitrogens with zero attached hydrogens (tertiary/aromatic N) is 2. The monoisotopic (exact) mass is 292 g/mol. The van der Waals surface area contributed by atoms with Gasteiger partial charge in [-0.25, -0.2) is 4.68 Å². The van der Waals surface area contributed by atoms with Crippen LogP contribution in [0.2, 0.25) is 0 Å².